The van der Waals surface area contributed by atoms with Gasteiger partial charge in [-0.25, -0.2) is 4.79 Å². The van der Waals surface area contributed by atoms with Gasteiger partial charge in [0.1, 0.15) is 18.5 Å². The second-order valence-electron chi connectivity index (χ2n) is 5.62. The van der Waals surface area contributed by atoms with E-state index in [0.29, 0.717) is 26.3 Å². The van der Waals surface area contributed by atoms with E-state index in [-0.39, 0.29) is 12.2 Å². The number of carbonyl (C=O) groups excluding carboxylic acids is 1. The minimum Gasteiger partial charge on any atom is -0.489 e. The van der Waals surface area contributed by atoms with E-state index >= 15 is 0 Å². The summed E-state index contributed by atoms with van der Waals surface area (Å²) in [6.07, 6.45) is -0.452. The fourth-order valence-electron chi connectivity index (χ4n) is 2.67. The average molecular weight is 327 g/mol. The lowest BCUT2D eigenvalue weighted by Gasteiger charge is -2.32. The molecular weight excluding hydrogens is 306 g/mol. The second-order valence-corrected chi connectivity index (χ2v) is 5.62. The van der Waals surface area contributed by atoms with E-state index in [1.54, 1.807) is 4.90 Å². The third-order valence-corrected chi connectivity index (χ3v) is 4.00. The molecule has 0 aliphatic carbocycles. The van der Waals surface area contributed by atoms with E-state index in [1.807, 2.05) is 54.6 Å². The van der Waals surface area contributed by atoms with Crippen molar-refractivity contribution in [3.8, 4) is 5.75 Å². The van der Waals surface area contributed by atoms with Crippen LogP contribution < -0.4 is 4.74 Å². The van der Waals surface area contributed by atoms with Crippen molar-refractivity contribution in [2.45, 2.75) is 12.7 Å². The van der Waals surface area contributed by atoms with Crippen LogP contribution in [0.25, 0.3) is 0 Å². The Balaban J connectivity index is 1.58. The van der Waals surface area contributed by atoms with Gasteiger partial charge in [0, 0.05) is 6.54 Å². The molecule has 0 bridgehead atoms. The van der Waals surface area contributed by atoms with Gasteiger partial charge in [-0.2, -0.15) is 0 Å². The van der Waals surface area contributed by atoms with Gasteiger partial charge in [-0.1, -0.05) is 42.5 Å². The number of hydrogen-bond acceptors (Lipinski definition) is 4. The molecule has 1 fully saturated rings. The molecule has 0 spiro atoms. The topological polar surface area (TPSA) is 48.0 Å². The highest BCUT2D eigenvalue weighted by atomic mass is 16.5. The SMILES string of the molecule is COC(=O)N1CCO[C@@H](c2ccc(OCc3ccccc3)cc2)C1. The Morgan fingerprint density at radius 2 is 1.92 bits per heavy atom. The molecule has 24 heavy (non-hydrogen) atoms. The molecular formula is C19H21NO4. The number of hydrogen-bond donors (Lipinski definition) is 0. The number of amides is 1. The van der Waals surface area contributed by atoms with Gasteiger partial charge in [0.2, 0.25) is 0 Å². The summed E-state index contributed by atoms with van der Waals surface area (Å²) in [4.78, 5) is 13.3. The largest absolute Gasteiger partial charge is 0.489 e. The Labute approximate surface area is 141 Å². The quantitative estimate of drug-likeness (QED) is 0.863. The Kier molecular flexibility index (Phi) is 5.33. The van der Waals surface area contributed by atoms with E-state index < -0.39 is 0 Å². The minimum absolute atomic E-state index is 0.138. The molecule has 5 heteroatoms. The zero-order valence-electron chi connectivity index (χ0n) is 13.7. The molecule has 2 aromatic carbocycles. The Bertz CT molecular complexity index is 657. The van der Waals surface area contributed by atoms with Gasteiger partial charge >= 0.3 is 6.09 Å². The van der Waals surface area contributed by atoms with E-state index in [0.717, 1.165) is 16.9 Å². The number of nitrogens with zero attached hydrogens (tertiary/aromatic N) is 1. The molecule has 0 aromatic heterocycles. The number of rotatable bonds is 4. The summed E-state index contributed by atoms with van der Waals surface area (Å²) in [7, 11) is 1.39. The van der Waals surface area contributed by atoms with Crippen molar-refractivity contribution < 1.29 is 19.0 Å². The minimum atomic E-state index is -0.314. The lowest BCUT2D eigenvalue weighted by Crippen LogP contribution is -2.42. The highest BCUT2D eigenvalue weighted by Crippen LogP contribution is 2.25. The van der Waals surface area contributed by atoms with Gasteiger partial charge in [0.25, 0.3) is 0 Å². The van der Waals surface area contributed by atoms with Gasteiger partial charge in [-0.15, -0.1) is 0 Å². The monoisotopic (exact) mass is 327 g/mol. The summed E-state index contributed by atoms with van der Waals surface area (Å²) >= 11 is 0. The zero-order chi connectivity index (χ0) is 16.8. The van der Waals surface area contributed by atoms with Crippen molar-refractivity contribution in [1.29, 1.82) is 0 Å². The van der Waals surface area contributed by atoms with Crippen LogP contribution in [-0.2, 0) is 16.1 Å². The van der Waals surface area contributed by atoms with Crippen molar-refractivity contribution in [2.75, 3.05) is 26.8 Å². The predicted octanol–water partition coefficient (Wildman–Crippen LogP) is 3.41. The Morgan fingerprint density at radius 1 is 1.17 bits per heavy atom. The van der Waals surface area contributed by atoms with Crippen LogP contribution >= 0.6 is 0 Å². The first-order valence-electron chi connectivity index (χ1n) is 7.97. The third kappa shape index (κ3) is 4.06. The van der Waals surface area contributed by atoms with Crippen LogP contribution in [0.1, 0.15) is 17.2 Å². The highest BCUT2D eigenvalue weighted by Gasteiger charge is 2.25. The lowest BCUT2D eigenvalue weighted by atomic mass is 10.1. The molecule has 1 aliphatic heterocycles. The van der Waals surface area contributed by atoms with Crippen molar-refractivity contribution in [3.63, 3.8) is 0 Å². The summed E-state index contributed by atoms with van der Waals surface area (Å²) < 4.78 is 16.3. The molecule has 1 atom stereocenters. The summed E-state index contributed by atoms with van der Waals surface area (Å²) in [5, 5.41) is 0. The molecule has 0 unspecified atom stereocenters. The summed E-state index contributed by atoms with van der Waals surface area (Å²) in [5.74, 6) is 0.809. The van der Waals surface area contributed by atoms with Gasteiger partial charge in [-0.05, 0) is 23.3 Å². The maximum atomic E-state index is 11.6. The first kappa shape index (κ1) is 16.3. The van der Waals surface area contributed by atoms with Crippen LogP contribution in [0.2, 0.25) is 0 Å². The molecule has 126 valence electrons. The molecule has 0 radical (unpaired) electrons. The standard InChI is InChI=1S/C19H21NO4/c1-22-19(21)20-11-12-23-18(13-20)16-7-9-17(10-8-16)24-14-15-5-3-2-4-6-15/h2-10,18H,11-14H2,1H3/t18-/m1/s1. The molecule has 0 N–H and O–H groups in total. The molecule has 1 amide bonds. The lowest BCUT2D eigenvalue weighted by molar-refractivity contribution is -0.0258. The van der Waals surface area contributed by atoms with Gasteiger partial charge in [-0.3, -0.25) is 0 Å². The molecule has 3 rings (SSSR count). The maximum absolute atomic E-state index is 11.6. The van der Waals surface area contributed by atoms with Crippen LogP contribution in [0, 0.1) is 0 Å². The maximum Gasteiger partial charge on any atom is 0.409 e. The Morgan fingerprint density at radius 3 is 2.62 bits per heavy atom. The number of morpholine rings is 1. The molecule has 1 heterocycles. The second kappa shape index (κ2) is 7.84. The molecule has 5 nitrogen and oxygen atoms in total. The zero-order valence-corrected chi connectivity index (χ0v) is 13.7. The summed E-state index contributed by atoms with van der Waals surface area (Å²) in [6.45, 7) is 2.10. The third-order valence-electron chi connectivity index (χ3n) is 4.00. The molecule has 1 saturated heterocycles. The number of methoxy groups -OCH3 is 1. The van der Waals surface area contributed by atoms with Crippen molar-refractivity contribution in [1.82, 2.24) is 4.90 Å². The first-order chi connectivity index (χ1) is 11.8. The number of carbonyl (C=O) groups is 1. The van der Waals surface area contributed by atoms with Crippen molar-refractivity contribution in [3.05, 3.63) is 65.7 Å². The smallest absolute Gasteiger partial charge is 0.409 e. The Hall–Kier alpha value is -2.53. The first-order valence-corrected chi connectivity index (χ1v) is 7.97. The number of benzene rings is 2. The van der Waals surface area contributed by atoms with Crippen LogP contribution in [0.5, 0.6) is 5.75 Å². The van der Waals surface area contributed by atoms with E-state index in [4.69, 9.17) is 14.2 Å². The average Bonchev–Trinajstić information content (AvgIpc) is 2.67. The van der Waals surface area contributed by atoms with Crippen LogP contribution in [0.4, 0.5) is 4.79 Å². The normalized spacial score (nSPS) is 17.4. The van der Waals surface area contributed by atoms with Crippen molar-refractivity contribution >= 4 is 6.09 Å². The molecule has 2 aromatic rings. The van der Waals surface area contributed by atoms with Crippen LogP contribution in [0.3, 0.4) is 0 Å². The van der Waals surface area contributed by atoms with E-state index in [9.17, 15) is 4.79 Å². The van der Waals surface area contributed by atoms with Crippen LogP contribution in [-0.4, -0.2) is 37.8 Å². The molecule has 0 saturated carbocycles. The van der Waals surface area contributed by atoms with Crippen molar-refractivity contribution in [2.24, 2.45) is 0 Å². The van der Waals surface area contributed by atoms with Crippen LogP contribution in [0.15, 0.2) is 54.6 Å². The fraction of sp³-hybridized carbons (Fsp3) is 0.316. The highest BCUT2D eigenvalue weighted by molar-refractivity contribution is 5.67. The van der Waals surface area contributed by atoms with Gasteiger partial charge in [0.15, 0.2) is 0 Å². The fourth-order valence-corrected chi connectivity index (χ4v) is 2.67. The van der Waals surface area contributed by atoms with Gasteiger partial charge in [0.05, 0.1) is 20.3 Å². The predicted molar refractivity (Wildman–Crippen MR) is 89.9 cm³/mol. The summed E-state index contributed by atoms with van der Waals surface area (Å²) in [5.41, 5.74) is 2.15. The number of ether oxygens (including phenoxy) is 3. The van der Waals surface area contributed by atoms with E-state index in [2.05, 4.69) is 0 Å². The molecule has 1 aliphatic rings. The van der Waals surface area contributed by atoms with Gasteiger partial charge < -0.3 is 19.1 Å². The summed E-state index contributed by atoms with van der Waals surface area (Å²) in [6, 6.07) is 17.9. The van der Waals surface area contributed by atoms with E-state index in [1.165, 1.54) is 7.11 Å².